The largest absolute Gasteiger partial charge is 0.497 e. The second-order valence-corrected chi connectivity index (χ2v) is 12.4. The number of rotatable bonds is 7. The predicted molar refractivity (Wildman–Crippen MR) is 160 cm³/mol. The molecular formula is C29H22BrN3O6S2. The molecule has 208 valence electrons. The van der Waals surface area contributed by atoms with Gasteiger partial charge in [-0.2, -0.15) is 0 Å². The Labute approximate surface area is 251 Å². The van der Waals surface area contributed by atoms with Crippen LogP contribution in [0.2, 0.25) is 0 Å². The summed E-state index contributed by atoms with van der Waals surface area (Å²) < 4.78 is 12.0. The zero-order chi connectivity index (χ0) is 28.7. The minimum Gasteiger partial charge on any atom is -0.497 e. The number of halogens is 1. The van der Waals surface area contributed by atoms with Crippen molar-refractivity contribution < 1.29 is 23.9 Å². The number of ether oxygens (including phenoxy) is 2. The van der Waals surface area contributed by atoms with Crippen LogP contribution in [0.25, 0.3) is 0 Å². The zero-order valence-corrected chi connectivity index (χ0v) is 24.7. The predicted octanol–water partition coefficient (Wildman–Crippen LogP) is 5.02. The summed E-state index contributed by atoms with van der Waals surface area (Å²) in [5.41, 5.74) is 1.69. The van der Waals surface area contributed by atoms with E-state index in [1.807, 2.05) is 6.07 Å². The van der Waals surface area contributed by atoms with Crippen LogP contribution in [0.4, 0.5) is 11.4 Å². The number of nitrogens with zero attached hydrogens (tertiary/aromatic N) is 1. The fourth-order valence-electron chi connectivity index (χ4n) is 5.08. The van der Waals surface area contributed by atoms with Crippen molar-refractivity contribution in [1.29, 1.82) is 0 Å². The summed E-state index contributed by atoms with van der Waals surface area (Å²) in [7, 11) is 1.56. The lowest BCUT2D eigenvalue weighted by atomic mass is 9.82. The molecule has 3 amide bonds. The van der Waals surface area contributed by atoms with Crippen LogP contribution >= 0.6 is 39.0 Å². The molecule has 0 bridgehead atoms. The number of thiazole rings is 1. The molecule has 12 heteroatoms. The number of amides is 3. The first-order valence-corrected chi connectivity index (χ1v) is 15.0. The van der Waals surface area contributed by atoms with Crippen LogP contribution in [-0.2, 0) is 14.4 Å². The summed E-state index contributed by atoms with van der Waals surface area (Å²) >= 11 is 5.62. The third-order valence-electron chi connectivity index (χ3n) is 6.90. The number of aromatic amines is 1. The van der Waals surface area contributed by atoms with Gasteiger partial charge in [-0.25, -0.2) is 4.90 Å². The number of aromatic nitrogens is 1. The number of hydrogen-bond donors (Lipinski definition) is 2. The van der Waals surface area contributed by atoms with Gasteiger partial charge in [0, 0.05) is 26.5 Å². The number of fused-ring (bicyclic) bond motifs is 2. The number of imide groups is 1. The molecule has 1 saturated heterocycles. The maximum Gasteiger partial charge on any atom is 0.305 e. The van der Waals surface area contributed by atoms with Crippen molar-refractivity contribution in [2.45, 2.75) is 16.2 Å². The number of benzene rings is 3. The number of methoxy groups -OCH3 is 1. The van der Waals surface area contributed by atoms with E-state index in [1.54, 1.807) is 73.8 Å². The Bertz CT molecular complexity index is 1700. The average molecular weight is 653 g/mol. The Morgan fingerprint density at radius 2 is 1.73 bits per heavy atom. The molecule has 4 aromatic rings. The van der Waals surface area contributed by atoms with Gasteiger partial charge in [0.05, 0.1) is 23.7 Å². The molecule has 3 aromatic carbocycles. The summed E-state index contributed by atoms with van der Waals surface area (Å²) in [6.45, 7) is -0.285. The normalized spacial score (nSPS) is 19.5. The molecular weight excluding hydrogens is 630 g/mol. The standard InChI is InChI=1S/C29H22BrN3O6S2/c1-38-18-12-8-16(9-13-18)31-21(34)14-39-20-5-3-2-4-19(20)22-23-25(40-26-24(22)41-29(37)32-26)28(36)33(27(23)35)17-10-6-15(30)7-11-17/h2-13,22-23,25H,14H2,1H3,(H,31,34)(H,32,37)/t22-,23?,25?/m1/s1. The van der Waals surface area contributed by atoms with Gasteiger partial charge in [0.2, 0.25) is 11.8 Å². The molecule has 41 heavy (non-hydrogen) atoms. The smallest absolute Gasteiger partial charge is 0.305 e. The van der Waals surface area contributed by atoms with Crippen LogP contribution in [-0.4, -0.2) is 41.7 Å². The Hall–Kier alpha value is -3.87. The first kappa shape index (κ1) is 27.3. The third-order valence-corrected chi connectivity index (χ3v) is 9.83. The van der Waals surface area contributed by atoms with Crippen molar-refractivity contribution >= 4 is 68.1 Å². The van der Waals surface area contributed by atoms with Gasteiger partial charge in [0.25, 0.3) is 5.91 Å². The van der Waals surface area contributed by atoms with Gasteiger partial charge in [0.15, 0.2) is 6.61 Å². The van der Waals surface area contributed by atoms with Crippen molar-refractivity contribution in [3.05, 3.63) is 97.4 Å². The van der Waals surface area contributed by atoms with Crippen LogP contribution < -0.4 is 24.6 Å². The highest BCUT2D eigenvalue weighted by atomic mass is 79.9. The number of hydrogen-bond acceptors (Lipinski definition) is 8. The zero-order valence-electron chi connectivity index (χ0n) is 21.5. The van der Waals surface area contributed by atoms with Gasteiger partial charge >= 0.3 is 4.87 Å². The number of carbonyl (C=O) groups is 3. The highest BCUT2D eigenvalue weighted by Gasteiger charge is 2.56. The maximum atomic E-state index is 13.9. The summed E-state index contributed by atoms with van der Waals surface area (Å²) in [6.07, 6.45) is 0. The van der Waals surface area contributed by atoms with Gasteiger partial charge in [-0.3, -0.25) is 19.2 Å². The van der Waals surface area contributed by atoms with E-state index < -0.39 is 17.1 Å². The Kier molecular flexibility index (Phi) is 7.45. The van der Waals surface area contributed by atoms with Crippen molar-refractivity contribution in [3.63, 3.8) is 0 Å². The van der Waals surface area contributed by atoms with E-state index in [2.05, 4.69) is 26.2 Å². The lowest BCUT2D eigenvalue weighted by molar-refractivity contribution is -0.122. The second-order valence-electron chi connectivity index (χ2n) is 9.34. The molecule has 1 fully saturated rings. The highest BCUT2D eigenvalue weighted by Crippen LogP contribution is 2.54. The van der Waals surface area contributed by atoms with E-state index in [1.165, 1.54) is 16.7 Å². The van der Waals surface area contributed by atoms with Crippen molar-refractivity contribution in [2.75, 3.05) is 23.9 Å². The number of H-pyrrole nitrogens is 1. The summed E-state index contributed by atoms with van der Waals surface area (Å²) in [4.78, 5) is 57.2. The third kappa shape index (κ3) is 5.18. The van der Waals surface area contributed by atoms with E-state index in [9.17, 15) is 19.2 Å². The van der Waals surface area contributed by atoms with Crippen molar-refractivity contribution in [1.82, 2.24) is 4.98 Å². The van der Waals surface area contributed by atoms with E-state index >= 15 is 0 Å². The minimum absolute atomic E-state index is 0.269. The topological polar surface area (TPSA) is 118 Å². The van der Waals surface area contributed by atoms with E-state index in [0.29, 0.717) is 38.3 Å². The molecule has 2 unspecified atom stereocenters. The number of thioether (sulfide) groups is 1. The van der Waals surface area contributed by atoms with Crippen molar-refractivity contribution in [3.8, 4) is 11.5 Å². The fraction of sp³-hybridized carbons (Fsp3) is 0.172. The van der Waals surface area contributed by atoms with E-state index in [0.717, 1.165) is 15.8 Å². The molecule has 0 saturated carbocycles. The van der Waals surface area contributed by atoms with Crippen LogP contribution in [0.1, 0.15) is 16.4 Å². The Morgan fingerprint density at radius 3 is 2.46 bits per heavy atom. The molecule has 6 rings (SSSR count). The quantitative estimate of drug-likeness (QED) is 0.269. The molecule has 1 aromatic heterocycles. The van der Waals surface area contributed by atoms with Crippen LogP contribution in [0, 0.1) is 5.92 Å². The van der Waals surface area contributed by atoms with Crippen LogP contribution in [0.15, 0.2) is 87.1 Å². The van der Waals surface area contributed by atoms with Gasteiger partial charge in [-0.05, 0) is 54.6 Å². The molecule has 0 radical (unpaired) electrons. The molecule has 0 aliphatic carbocycles. The highest BCUT2D eigenvalue weighted by molar-refractivity contribution is 9.10. The van der Waals surface area contributed by atoms with E-state index in [4.69, 9.17) is 9.47 Å². The SMILES string of the molecule is COc1ccc(NC(=O)COc2ccccc2[C@H]2c3sc(=O)[nH]c3SC3C(=O)N(c4ccc(Br)cc4)C(=O)C32)cc1. The summed E-state index contributed by atoms with van der Waals surface area (Å²) in [6, 6.07) is 21.0. The number of nitrogens with one attached hydrogen (secondary N) is 2. The van der Waals surface area contributed by atoms with Gasteiger partial charge in [-0.15, -0.1) is 0 Å². The second kappa shape index (κ2) is 11.2. The molecule has 0 spiro atoms. The molecule has 3 heterocycles. The van der Waals surface area contributed by atoms with E-state index in [-0.39, 0.29) is 29.2 Å². The monoisotopic (exact) mass is 651 g/mol. The number of para-hydroxylation sites is 1. The maximum absolute atomic E-state index is 13.9. The first-order chi connectivity index (χ1) is 19.8. The molecule has 2 aliphatic heterocycles. The van der Waals surface area contributed by atoms with Gasteiger partial charge in [-0.1, -0.05) is 57.2 Å². The van der Waals surface area contributed by atoms with Crippen molar-refractivity contribution in [2.24, 2.45) is 5.92 Å². The Morgan fingerprint density at radius 1 is 1.00 bits per heavy atom. The molecule has 9 nitrogen and oxygen atoms in total. The molecule has 3 atom stereocenters. The number of anilines is 2. The molecule has 2 N–H and O–H groups in total. The Balaban J connectivity index is 1.31. The fourth-order valence-corrected chi connectivity index (χ4v) is 7.85. The summed E-state index contributed by atoms with van der Waals surface area (Å²) in [5.74, 6) is -1.40. The minimum atomic E-state index is -0.770. The lowest BCUT2D eigenvalue weighted by Crippen LogP contribution is -2.32. The van der Waals surface area contributed by atoms with Crippen LogP contribution in [0.5, 0.6) is 11.5 Å². The summed E-state index contributed by atoms with van der Waals surface area (Å²) in [5, 5.41) is 2.61. The van der Waals surface area contributed by atoms with Gasteiger partial charge in [0.1, 0.15) is 16.7 Å². The first-order valence-electron chi connectivity index (χ1n) is 12.5. The van der Waals surface area contributed by atoms with Gasteiger partial charge < -0.3 is 19.8 Å². The van der Waals surface area contributed by atoms with Crippen LogP contribution in [0.3, 0.4) is 0 Å². The average Bonchev–Trinajstić information content (AvgIpc) is 3.47. The lowest BCUT2D eigenvalue weighted by Gasteiger charge is -2.30. The number of carbonyl (C=O) groups excluding carboxylic acids is 3. The molecule has 2 aliphatic rings.